The zero-order valence-corrected chi connectivity index (χ0v) is 24.5. The summed E-state index contributed by atoms with van der Waals surface area (Å²) in [5.74, 6) is 0.412. The zero-order valence-electron chi connectivity index (χ0n) is 22.8. The highest BCUT2D eigenvalue weighted by Crippen LogP contribution is 2.43. The van der Waals surface area contributed by atoms with Gasteiger partial charge in [0, 0.05) is 55.6 Å². The smallest absolute Gasteiger partial charge is 0.226 e. The summed E-state index contributed by atoms with van der Waals surface area (Å²) < 4.78 is 15.5. The molecule has 1 amide bonds. The molecule has 7 unspecified atom stereocenters. The molecular weight excluding hydrogens is 554 g/mol. The standard InChI is InChI=1S/C25H45N9O4S2/c26-14-3-1-2-4-15(14)30-12-31-25(20(23(27)28)24(29)36)32-18-9-16(33-40-18)13-11-39-22-17(35)10-19(38-21(13)22)34-5-7-37-8-6-34/h10,13-16,18,20-23,25,30-33H,1-9,11-12,26-28H2,(H2,29,36)/t13?,14-,15+,16?,18?,20?,21?,22?,25?/m1/s1. The summed E-state index contributed by atoms with van der Waals surface area (Å²) in [4.78, 5) is 27.4. The fourth-order valence-electron chi connectivity index (χ4n) is 6.33. The Labute approximate surface area is 244 Å². The molecule has 226 valence electrons. The number of nitrogens with two attached hydrogens (primary N) is 4. The van der Waals surface area contributed by atoms with Gasteiger partial charge in [0.05, 0.1) is 36.8 Å². The van der Waals surface area contributed by atoms with Crippen LogP contribution in [0.2, 0.25) is 0 Å². The maximum atomic E-state index is 13.0. The van der Waals surface area contributed by atoms with Crippen molar-refractivity contribution in [2.24, 2.45) is 34.8 Å². The number of allylic oxidation sites excluding steroid dienone is 1. The second-order valence-electron chi connectivity index (χ2n) is 11.3. The first-order valence-electron chi connectivity index (χ1n) is 14.4. The Balaban J connectivity index is 1.19. The van der Waals surface area contributed by atoms with Crippen molar-refractivity contribution in [3.05, 3.63) is 12.0 Å². The minimum atomic E-state index is -0.923. The number of nitrogens with one attached hydrogen (secondary N) is 4. The molecule has 4 fully saturated rings. The molecule has 0 aromatic rings. The molecule has 9 atom stereocenters. The third-order valence-electron chi connectivity index (χ3n) is 8.63. The first-order valence-corrected chi connectivity index (χ1v) is 16.3. The van der Waals surface area contributed by atoms with Crippen LogP contribution in [0.5, 0.6) is 0 Å². The van der Waals surface area contributed by atoms with Crippen molar-refractivity contribution in [3.63, 3.8) is 0 Å². The van der Waals surface area contributed by atoms with Gasteiger partial charge in [0.2, 0.25) is 5.91 Å². The van der Waals surface area contributed by atoms with Crippen LogP contribution in [0.25, 0.3) is 0 Å². The van der Waals surface area contributed by atoms with Crippen molar-refractivity contribution in [2.45, 2.75) is 79.3 Å². The second-order valence-corrected chi connectivity index (χ2v) is 13.6. The van der Waals surface area contributed by atoms with Crippen LogP contribution in [-0.2, 0) is 19.1 Å². The van der Waals surface area contributed by atoms with Crippen molar-refractivity contribution in [1.82, 2.24) is 25.6 Å². The van der Waals surface area contributed by atoms with Gasteiger partial charge in [-0.05, 0) is 19.3 Å². The summed E-state index contributed by atoms with van der Waals surface area (Å²) >= 11 is 3.24. The molecule has 4 heterocycles. The molecule has 4 aliphatic heterocycles. The van der Waals surface area contributed by atoms with E-state index in [0.29, 0.717) is 25.8 Å². The van der Waals surface area contributed by atoms with E-state index in [1.165, 1.54) is 0 Å². The number of nitrogens with zero attached hydrogens (tertiary/aromatic N) is 1. The van der Waals surface area contributed by atoms with Crippen LogP contribution < -0.4 is 43.6 Å². The van der Waals surface area contributed by atoms with Crippen molar-refractivity contribution in [3.8, 4) is 0 Å². The van der Waals surface area contributed by atoms with E-state index in [2.05, 4.69) is 25.6 Å². The Bertz CT molecular complexity index is 925. The number of ketones is 1. The molecule has 0 aromatic heterocycles. The topological polar surface area (TPSA) is 208 Å². The fourth-order valence-corrected chi connectivity index (χ4v) is 8.99. The van der Waals surface area contributed by atoms with Crippen LogP contribution in [0.1, 0.15) is 32.1 Å². The lowest BCUT2D eigenvalue weighted by Gasteiger charge is -2.37. The van der Waals surface area contributed by atoms with Crippen molar-refractivity contribution < 1.29 is 19.1 Å². The Morgan fingerprint density at radius 1 is 1.23 bits per heavy atom. The van der Waals surface area contributed by atoms with Gasteiger partial charge in [0.25, 0.3) is 0 Å². The second kappa shape index (κ2) is 13.9. The molecule has 40 heavy (non-hydrogen) atoms. The number of amides is 1. The Hall–Kier alpha value is -1.14. The summed E-state index contributed by atoms with van der Waals surface area (Å²) in [6.07, 6.45) is 5.12. The summed E-state index contributed by atoms with van der Waals surface area (Å²) in [7, 11) is 0. The van der Waals surface area contributed by atoms with E-state index in [-0.39, 0.29) is 46.6 Å². The van der Waals surface area contributed by atoms with Gasteiger partial charge >= 0.3 is 0 Å². The molecule has 0 spiro atoms. The van der Waals surface area contributed by atoms with E-state index in [1.807, 2.05) is 0 Å². The number of rotatable bonds is 11. The van der Waals surface area contributed by atoms with Crippen molar-refractivity contribution in [2.75, 3.05) is 38.7 Å². The summed E-state index contributed by atoms with van der Waals surface area (Å²) in [5.41, 5.74) is 24.0. The van der Waals surface area contributed by atoms with Gasteiger partial charge in [-0.3, -0.25) is 24.9 Å². The number of primary amides is 1. The van der Waals surface area contributed by atoms with E-state index in [4.69, 9.17) is 32.4 Å². The number of carbonyl (C=O) groups is 2. The SMILES string of the molecule is NC(=O)C(C(N)N)C(NCN[C@H]1CCCC[C@H]1N)NC1CC(C2CSC3C(=O)C=C(N4CCOCC4)OC32)NS1. The predicted molar refractivity (Wildman–Crippen MR) is 156 cm³/mol. The van der Waals surface area contributed by atoms with Crippen molar-refractivity contribution >= 4 is 35.4 Å². The lowest BCUT2D eigenvalue weighted by molar-refractivity contribution is -0.123. The summed E-state index contributed by atoms with van der Waals surface area (Å²) in [6, 6.07) is 0.454. The molecule has 0 bridgehead atoms. The van der Waals surface area contributed by atoms with Crippen LogP contribution in [0.15, 0.2) is 12.0 Å². The molecule has 1 saturated carbocycles. The molecule has 15 heteroatoms. The van der Waals surface area contributed by atoms with E-state index < -0.39 is 24.2 Å². The number of fused-ring (bicyclic) bond motifs is 1. The normalized spacial score (nSPS) is 36.2. The lowest BCUT2D eigenvalue weighted by atomic mass is 9.89. The molecule has 1 aliphatic carbocycles. The van der Waals surface area contributed by atoms with Gasteiger partial charge in [-0.1, -0.05) is 24.8 Å². The number of morpholine rings is 1. The molecular formula is C25H45N9O4S2. The van der Waals surface area contributed by atoms with Crippen LogP contribution >= 0.6 is 23.7 Å². The van der Waals surface area contributed by atoms with Gasteiger partial charge < -0.3 is 42.6 Å². The van der Waals surface area contributed by atoms with Crippen molar-refractivity contribution in [1.29, 1.82) is 0 Å². The Morgan fingerprint density at radius 2 is 2.00 bits per heavy atom. The average molecular weight is 600 g/mol. The highest BCUT2D eigenvalue weighted by molar-refractivity contribution is 8.01. The lowest BCUT2D eigenvalue weighted by Crippen LogP contribution is -2.63. The average Bonchev–Trinajstić information content (AvgIpc) is 3.57. The number of thioether (sulfide) groups is 1. The number of carbonyl (C=O) groups excluding carboxylic acids is 2. The molecule has 5 aliphatic rings. The molecule has 0 radical (unpaired) electrons. The maximum Gasteiger partial charge on any atom is 0.226 e. The highest BCUT2D eigenvalue weighted by atomic mass is 32.2. The maximum absolute atomic E-state index is 13.0. The Morgan fingerprint density at radius 3 is 2.73 bits per heavy atom. The number of hydrogen-bond donors (Lipinski definition) is 8. The molecule has 13 nitrogen and oxygen atoms in total. The largest absolute Gasteiger partial charge is 0.474 e. The van der Waals surface area contributed by atoms with Gasteiger partial charge in [-0.15, -0.1) is 11.8 Å². The van der Waals surface area contributed by atoms with Crippen LogP contribution in [0, 0.1) is 11.8 Å². The predicted octanol–water partition coefficient (Wildman–Crippen LogP) is -2.14. The summed E-state index contributed by atoms with van der Waals surface area (Å²) in [5, 5.41) is 10.2. The zero-order chi connectivity index (χ0) is 28.2. The minimum absolute atomic E-state index is 0.0300. The molecule has 5 rings (SSSR count). The third kappa shape index (κ3) is 7.07. The van der Waals surface area contributed by atoms with Gasteiger partial charge in [0.15, 0.2) is 11.7 Å². The fraction of sp³-hybridized carbons (Fsp3) is 0.840. The minimum Gasteiger partial charge on any atom is -0.474 e. The number of ether oxygens (including phenoxy) is 2. The molecule has 12 N–H and O–H groups in total. The molecule has 3 saturated heterocycles. The monoisotopic (exact) mass is 599 g/mol. The van der Waals surface area contributed by atoms with Crippen LogP contribution in [0.3, 0.4) is 0 Å². The summed E-state index contributed by atoms with van der Waals surface area (Å²) in [6.45, 7) is 3.14. The molecule has 0 aromatic carbocycles. The van der Waals surface area contributed by atoms with Crippen LogP contribution in [-0.4, -0.2) is 103 Å². The van der Waals surface area contributed by atoms with E-state index in [9.17, 15) is 9.59 Å². The quantitative estimate of drug-likeness (QED) is 0.0942. The van der Waals surface area contributed by atoms with E-state index in [1.54, 1.807) is 29.8 Å². The Kier molecular flexibility index (Phi) is 10.5. The van der Waals surface area contributed by atoms with Crippen LogP contribution in [0.4, 0.5) is 0 Å². The van der Waals surface area contributed by atoms with Gasteiger partial charge in [-0.2, -0.15) is 0 Å². The van der Waals surface area contributed by atoms with E-state index >= 15 is 0 Å². The van der Waals surface area contributed by atoms with Gasteiger partial charge in [-0.25, -0.2) is 0 Å². The highest BCUT2D eigenvalue weighted by Gasteiger charge is 2.50. The first-order chi connectivity index (χ1) is 19.3. The number of hydrogen-bond acceptors (Lipinski definition) is 14. The third-order valence-corrected chi connectivity index (χ3v) is 11.1. The van der Waals surface area contributed by atoms with Gasteiger partial charge in [0.1, 0.15) is 11.4 Å². The van der Waals surface area contributed by atoms with E-state index in [0.717, 1.165) is 50.9 Å². The first kappa shape index (κ1) is 30.3.